The Bertz CT molecular complexity index is 2200. The lowest BCUT2D eigenvalue weighted by Gasteiger charge is -2.54. The summed E-state index contributed by atoms with van der Waals surface area (Å²) in [5.41, 5.74) is 0.404. The molecule has 3 fully saturated rings. The summed E-state index contributed by atoms with van der Waals surface area (Å²) in [4.78, 5) is 39.6. The minimum absolute atomic E-state index is 0.0118. The average molecular weight is 995 g/mol. The largest absolute Gasteiger partial charge is 0.497 e. The van der Waals surface area contributed by atoms with E-state index in [1.165, 1.54) is 33.5 Å². The number of aliphatic hydroxyl groups excluding tert-OH is 2. The maximum absolute atomic E-state index is 14.1. The Morgan fingerprint density at radius 2 is 1.38 bits per heavy atom. The lowest BCUT2D eigenvalue weighted by Crippen LogP contribution is -2.62. The number of fused-ring (bicyclic) bond motifs is 6. The van der Waals surface area contributed by atoms with Crippen molar-refractivity contribution in [3.63, 3.8) is 0 Å². The second-order valence-corrected chi connectivity index (χ2v) is 20.1. The fourth-order valence-electron chi connectivity index (χ4n) is 10.1. The number of carbonyl (C=O) groups is 3. The molecule has 0 spiro atoms. The second-order valence-electron chi connectivity index (χ2n) is 20.1. The molecule has 11 atom stereocenters. The Kier molecular flexibility index (Phi) is 18.7. The number of hydrogen-bond acceptors (Lipinski definition) is 17. The molecular formula is C54H74O17. The Hall–Kier alpha value is -4.69. The van der Waals surface area contributed by atoms with Crippen LogP contribution in [0.15, 0.2) is 84.0 Å². The highest BCUT2D eigenvalue weighted by Gasteiger charge is 2.59. The maximum atomic E-state index is 14.1. The van der Waals surface area contributed by atoms with Crippen LogP contribution in [0, 0.1) is 10.8 Å². The molecule has 6 bridgehead atoms. The van der Waals surface area contributed by atoms with E-state index in [1.54, 1.807) is 47.1 Å². The smallest absolute Gasteiger partial charge is 0.330 e. The molecule has 6 rings (SSSR count). The van der Waals surface area contributed by atoms with Gasteiger partial charge in [0.2, 0.25) is 5.79 Å². The van der Waals surface area contributed by atoms with E-state index in [-0.39, 0.29) is 63.7 Å². The molecule has 4 heterocycles. The van der Waals surface area contributed by atoms with Gasteiger partial charge in [-0.1, -0.05) is 69.7 Å². The van der Waals surface area contributed by atoms with E-state index < -0.39 is 102 Å². The van der Waals surface area contributed by atoms with Crippen molar-refractivity contribution >= 4 is 17.9 Å². The number of carbonyl (C=O) groups excluding carboxylic acids is 3. The minimum atomic E-state index is -1.92. The summed E-state index contributed by atoms with van der Waals surface area (Å²) in [7, 11) is 7.10. The van der Waals surface area contributed by atoms with Gasteiger partial charge < -0.3 is 67.4 Å². The Morgan fingerprint density at radius 3 is 1.99 bits per heavy atom. The van der Waals surface area contributed by atoms with Gasteiger partial charge in [0.05, 0.1) is 90.8 Å². The molecule has 3 saturated heterocycles. The molecule has 0 unspecified atom stereocenters. The molecule has 0 aliphatic carbocycles. The molecule has 71 heavy (non-hydrogen) atoms. The third kappa shape index (κ3) is 13.5. The molecule has 17 nitrogen and oxygen atoms in total. The van der Waals surface area contributed by atoms with Crippen LogP contribution in [0.5, 0.6) is 11.5 Å². The summed E-state index contributed by atoms with van der Waals surface area (Å²) >= 11 is 0. The van der Waals surface area contributed by atoms with E-state index in [9.17, 15) is 29.7 Å². The van der Waals surface area contributed by atoms with Gasteiger partial charge in [0, 0.05) is 55.8 Å². The van der Waals surface area contributed by atoms with Gasteiger partial charge >= 0.3 is 17.9 Å². The number of benzene rings is 2. The number of ether oxygens (including phenoxy) is 11. The van der Waals surface area contributed by atoms with Crippen molar-refractivity contribution in [3.8, 4) is 11.5 Å². The highest BCUT2D eigenvalue weighted by atomic mass is 16.7. The van der Waals surface area contributed by atoms with Crippen molar-refractivity contribution in [2.24, 2.45) is 10.8 Å². The van der Waals surface area contributed by atoms with Gasteiger partial charge in [-0.15, -0.1) is 0 Å². The van der Waals surface area contributed by atoms with Gasteiger partial charge in [0.25, 0.3) is 0 Å². The highest BCUT2D eigenvalue weighted by Crippen LogP contribution is 2.51. The third-order valence-electron chi connectivity index (χ3n) is 14.5. The lowest BCUT2D eigenvalue weighted by molar-refractivity contribution is -0.353. The topological polar surface area (TPSA) is 213 Å². The molecule has 2 aromatic rings. The first-order chi connectivity index (χ1) is 33.7. The molecule has 0 aromatic heterocycles. The molecular weight excluding hydrogens is 921 g/mol. The van der Waals surface area contributed by atoms with Crippen molar-refractivity contribution in [2.45, 2.75) is 166 Å². The van der Waals surface area contributed by atoms with Crippen LogP contribution in [-0.2, 0) is 70.2 Å². The van der Waals surface area contributed by atoms with Gasteiger partial charge in [-0.05, 0) is 67.2 Å². The minimum Gasteiger partial charge on any atom is -0.497 e. The first-order valence-electron chi connectivity index (χ1n) is 24.2. The van der Waals surface area contributed by atoms with Crippen molar-refractivity contribution in [3.05, 3.63) is 95.1 Å². The van der Waals surface area contributed by atoms with Crippen LogP contribution < -0.4 is 9.47 Å². The Balaban J connectivity index is 1.41. The van der Waals surface area contributed by atoms with Crippen molar-refractivity contribution in [1.82, 2.24) is 0 Å². The molecule has 0 radical (unpaired) electrons. The number of rotatable bonds is 12. The van der Waals surface area contributed by atoms with Crippen LogP contribution in [-0.4, -0.2) is 135 Å². The fraction of sp³-hybridized carbons (Fsp3) is 0.611. The van der Waals surface area contributed by atoms with Crippen LogP contribution in [0.2, 0.25) is 0 Å². The number of aliphatic hydroxyl groups is 3. The third-order valence-corrected chi connectivity index (χ3v) is 14.5. The van der Waals surface area contributed by atoms with Crippen LogP contribution in [0.25, 0.3) is 0 Å². The number of cyclic esters (lactones) is 1. The predicted molar refractivity (Wildman–Crippen MR) is 258 cm³/mol. The second kappa shape index (κ2) is 23.9. The summed E-state index contributed by atoms with van der Waals surface area (Å²) in [5, 5.41) is 36.8. The molecule has 4 aliphatic rings. The zero-order valence-electron chi connectivity index (χ0n) is 42.8. The Labute approximate surface area is 417 Å². The monoisotopic (exact) mass is 994 g/mol. The van der Waals surface area contributed by atoms with Crippen LogP contribution >= 0.6 is 0 Å². The van der Waals surface area contributed by atoms with Crippen molar-refractivity contribution in [2.75, 3.05) is 35.5 Å². The molecule has 4 aliphatic heterocycles. The van der Waals surface area contributed by atoms with Gasteiger partial charge in [-0.3, -0.25) is 4.79 Å². The SMILES string of the molecule is COC(=O)/C=C1/C[C@H]2C[C@]3(O)O[C@H](C[C@@H](O)CC(=O)O[C@@H]([C@@H](C)OCc4ccc(OC)cc4)C[C@@H]4C/C(=C\C(=O)OC)[C@H](O)[C@@](OC)(O4)C(C)(C)/C=C/[C@@H](C1)O2)C[C@H](OCc1ccc(OC)cc1)C3(C)C. The number of methoxy groups -OCH3 is 5. The summed E-state index contributed by atoms with van der Waals surface area (Å²) < 4.78 is 66.3. The predicted octanol–water partition coefficient (Wildman–Crippen LogP) is 6.37. The summed E-state index contributed by atoms with van der Waals surface area (Å²) in [6.07, 6.45) is -1.64. The first kappa shape index (κ1) is 55.6. The number of hydrogen-bond donors (Lipinski definition) is 3. The standard InChI is InChI=1S/C54H74O17/c1-33(66-31-34-11-15-39(61-6)16-12-34)45-28-42-24-37(25-48(57)64-9)50(59)54(65-10,71-42)51(2,3)20-19-41-21-36(23-47(56)63-8)22-44(68-41)30-53(60)52(4,5)46(67-32-35-13-17-40(62-7)18-14-35)29-43(70-53)26-38(55)27-49(58)69-45/h11-20,23,25,33,38,41-46,50,55,59-60H,21-22,24,26-32H2,1-10H3/b20-19+,36-23+,37-25+/t33-,38-,41+,42+,43-,44+,45-,46+,50+,53+,54-/m1/s1. The van der Waals surface area contributed by atoms with E-state index in [2.05, 4.69) is 0 Å². The molecule has 2 aromatic carbocycles. The molecule has 392 valence electrons. The van der Waals surface area contributed by atoms with E-state index in [0.717, 1.165) is 11.1 Å². The van der Waals surface area contributed by atoms with Gasteiger partial charge in [-0.25, -0.2) is 9.59 Å². The summed E-state index contributed by atoms with van der Waals surface area (Å²) in [6.45, 7) is 9.44. The van der Waals surface area contributed by atoms with Crippen molar-refractivity contribution in [1.29, 1.82) is 0 Å². The van der Waals surface area contributed by atoms with E-state index in [0.29, 0.717) is 17.1 Å². The molecule has 17 heteroatoms. The van der Waals surface area contributed by atoms with Crippen molar-refractivity contribution < 1.29 is 81.8 Å². The van der Waals surface area contributed by atoms with Gasteiger partial charge in [0.1, 0.15) is 23.7 Å². The van der Waals surface area contributed by atoms with E-state index in [4.69, 9.17) is 52.1 Å². The zero-order chi connectivity index (χ0) is 51.7. The van der Waals surface area contributed by atoms with E-state index >= 15 is 0 Å². The summed E-state index contributed by atoms with van der Waals surface area (Å²) in [6, 6.07) is 14.8. The highest BCUT2D eigenvalue weighted by molar-refractivity contribution is 5.83. The lowest BCUT2D eigenvalue weighted by atomic mass is 9.70. The first-order valence-corrected chi connectivity index (χ1v) is 24.2. The zero-order valence-corrected chi connectivity index (χ0v) is 42.8. The van der Waals surface area contributed by atoms with Crippen LogP contribution in [0.4, 0.5) is 0 Å². The van der Waals surface area contributed by atoms with Crippen LogP contribution in [0.3, 0.4) is 0 Å². The van der Waals surface area contributed by atoms with E-state index in [1.807, 2.05) is 62.4 Å². The normalized spacial score (nSPS) is 33.2. The molecule has 0 saturated carbocycles. The molecule has 0 amide bonds. The van der Waals surface area contributed by atoms with Gasteiger partial charge in [-0.2, -0.15) is 0 Å². The Morgan fingerprint density at radius 1 is 0.761 bits per heavy atom. The maximum Gasteiger partial charge on any atom is 0.330 e. The van der Waals surface area contributed by atoms with Gasteiger partial charge in [0.15, 0.2) is 5.79 Å². The van der Waals surface area contributed by atoms with Crippen LogP contribution in [0.1, 0.15) is 97.1 Å². The summed E-state index contributed by atoms with van der Waals surface area (Å²) in [5.74, 6) is -4.39. The fourth-order valence-corrected chi connectivity index (χ4v) is 10.1. The molecule has 3 N–H and O–H groups in total. The number of esters is 3. The quantitative estimate of drug-likeness (QED) is 0.0913. The average Bonchev–Trinajstić information content (AvgIpc) is 3.33.